The lowest BCUT2D eigenvalue weighted by Gasteiger charge is -2.27. The lowest BCUT2D eigenvalue weighted by molar-refractivity contribution is -0.131. The minimum atomic E-state index is -0.0146. The first-order chi connectivity index (χ1) is 12.1. The molecule has 1 amide bonds. The molecule has 0 aliphatic carbocycles. The molecule has 0 aromatic heterocycles. The zero-order chi connectivity index (χ0) is 17.8. The molecule has 1 fully saturated rings. The Kier molecular flexibility index (Phi) is 5.12. The van der Waals surface area contributed by atoms with Crippen LogP contribution in [0.15, 0.2) is 42.5 Å². The Morgan fingerprint density at radius 2 is 2.00 bits per heavy atom. The number of methoxy groups -OCH3 is 2. The first-order valence-electron chi connectivity index (χ1n) is 8.42. The highest BCUT2D eigenvalue weighted by Crippen LogP contribution is 2.39. The number of likely N-dealkylation sites (tertiary alicyclic amines) is 1. The molecular formula is C20H23NO4. The van der Waals surface area contributed by atoms with Gasteiger partial charge in [-0.25, -0.2) is 0 Å². The maximum atomic E-state index is 12.8. The summed E-state index contributed by atoms with van der Waals surface area (Å²) in [5, 5.41) is 9.92. The van der Waals surface area contributed by atoms with Crippen LogP contribution in [0.1, 0.15) is 30.0 Å². The topological polar surface area (TPSA) is 59.0 Å². The van der Waals surface area contributed by atoms with Crippen LogP contribution in [0.2, 0.25) is 0 Å². The number of phenols is 1. The summed E-state index contributed by atoms with van der Waals surface area (Å²) >= 11 is 0. The average molecular weight is 341 g/mol. The number of carbonyl (C=O) groups excluding carboxylic acids is 1. The Morgan fingerprint density at radius 1 is 1.20 bits per heavy atom. The monoisotopic (exact) mass is 341 g/mol. The van der Waals surface area contributed by atoms with E-state index in [0.29, 0.717) is 12.1 Å². The van der Waals surface area contributed by atoms with Gasteiger partial charge < -0.3 is 19.5 Å². The summed E-state index contributed by atoms with van der Waals surface area (Å²) in [6.07, 6.45) is 2.04. The van der Waals surface area contributed by atoms with Gasteiger partial charge in [0.15, 0.2) is 0 Å². The summed E-state index contributed by atoms with van der Waals surface area (Å²) in [7, 11) is 3.24. The third-order valence-electron chi connectivity index (χ3n) is 4.71. The van der Waals surface area contributed by atoms with Crippen molar-refractivity contribution in [1.29, 1.82) is 0 Å². The molecule has 3 rings (SSSR count). The van der Waals surface area contributed by atoms with Crippen LogP contribution in [0.4, 0.5) is 0 Å². The molecule has 2 aromatic rings. The van der Waals surface area contributed by atoms with Gasteiger partial charge in [-0.3, -0.25) is 4.79 Å². The number of amides is 1. The summed E-state index contributed by atoms with van der Waals surface area (Å²) < 4.78 is 10.8. The SMILES string of the molecule is COc1ccc(C2CCCN2C(=O)Cc2ccccc2O)c(OC)c1. The van der Waals surface area contributed by atoms with Gasteiger partial charge in [0.2, 0.25) is 5.91 Å². The highest BCUT2D eigenvalue weighted by atomic mass is 16.5. The summed E-state index contributed by atoms with van der Waals surface area (Å²) in [5.74, 6) is 1.63. The number of aromatic hydroxyl groups is 1. The highest BCUT2D eigenvalue weighted by Gasteiger charge is 2.32. The van der Waals surface area contributed by atoms with Crippen molar-refractivity contribution in [3.8, 4) is 17.2 Å². The molecule has 132 valence electrons. The van der Waals surface area contributed by atoms with E-state index < -0.39 is 0 Å². The van der Waals surface area contributed by atoms with Crippen LogP contribution in [0.5, 0.6) is 17.2 Å². The van der Waals surface area contributed by atoms with Gasteiger partial charge in [0.1, 0.15) is 17.2 Å². The van der Waals surface area contributed by atoms with Crippen molar-refractivity contribution in [3.63, 3.8) is 0 Å². The number of benzene rings is 2. The minimum absolute atomic E-state index is 0.0146. The molecule has 0 radical (unpaired) electrons. The summed E-state index contributed by atoms with van der Waals surface area (Å²) in [6.45, 7) is 0.715. The molecule has 1 N–H and O–H groups in total. The number of rotatable bonds is 5. The standard InChI is InChI=1S/C20H23NO4/c1-24-15-9-10-16(19(13-15)25-2)17-7-5-11-21(17)20(23)12-14-6-3-4-8-18(14)22/h3-4,6,8-10,13,17,22H,5,7,11-12H2,1-2H3. The summed E-state index contributed by atoms with van der Waals surface area (Å²) in [6, 6.07) is 12.7. The van der Waals surface area contributed by atoms with Crippen LogP contribution >= 0.6 is 0 Å². The first-order valence-corrected chi connectivity index (χ1v) is 8.42. The largest absolute Gasteiger partial charge is 0.508 e. The van der Waals surface area contributed by atoms with Gasteiger partial charge in [0.05, 0.1) is 26.7 Å². The van der Waals surface area contributed by atoms with Crippen molar-refractivity contribution in [2.24, 2.45) is 0 Å². The van der Waals surface area contributed by atoms with Crippen LogP contribution in [0.25, 0.3) is 0 Å². The van der Waals surface area contributed by atoms with Crippen molar-refractivity contribution >= 4 is 5.91 Å². The minimum Gasteiger partial charge on any atom is -0.508 e. The van der Waals surface area contributed by atoms with Crippen LogP contribution < -0.4 is 9.47 Å². The van der Waals surface area contributed by atoms with E-state index >= 15 is 0 Å². The summed E-state index contributed by atoms with van der Waals surface area (Å²) in [5.41, 5.74) is 1.64. The molecule has 1 aliphatic rings. The normalized spacial score (nSPS) is 16.7. The molecule has 25 heavy (non-hydrogen) atoms. The van der Waals surface area contributed by atoms with E-state index in [1.807, 2.05) is 29.2 Å². The fraction of sp³-hybridized carbons (Fsp3) is 0.350. The van der Waals surface area contributed by atoms with Crippen molar-refractivity contribution in [1.82, 2.24) is 4.90 Å². The van der Waals surface area contributed by atoms with Crippen molar-refractivity contribution in [2.75, 3.05) is 20.8 Å². The van der Waals surface area contributed by atoms with Crippen LogP contribution in [0, 0.1) is 0 Å². The van der Waals surface area contributed by atoms with Crippen molar-refractivity contribution in [3.05, 3.63) is 53.6 Å². The number of carbonyl (C=O) groups is 1. The number of para-hydroxylation sites is 1. The molecule has 0 saturated carbocycles. The van der Waals surface area contributed by atoms with Gasteiger partial charge in [-0.2, -0.15) is 0 Å². The molecule has 5 heteroatoms. The molecule has 0 spiro atoms. The molecule has 1 heterocycles. The summed E-state index contributed by atoms with van der Waals surface area (Å²) in [4.78, 5) is 14.7. The number of hydrogen-bond donors (Lipinski definition) is 1. The Morgan fingerprint density at radius 3 is 2.72 bits per heavy atom. The molecule has 1 atom stereocenters. The van der Waals surface area contributed by atoms with Gasteiger partial charge in [0, 0.05) is 23.7 Å². The van der Waals surface area contributed by atoms with E-state index in [2.05, 4.69) is 0 Å². The molecule has 1 saturated heterocycles. The number of nitrogens with zero attached hydrogens (tertiary/aromatic N) is 1. The smallest absolute Gasteiger partial charge is 0.227 e. The van der Waals surface area contributed by atoms with Gasteiger partial charge in [0.25, 0.3) is 0 Å². The predicted molar refractivity (Wildman–Crippen MR) is 95.0 cm³/mol. The number of hydrogen-bond acceptors (Lipinski definition) is 4. The Hall–Kier alpha value is -2.69. The zero-order valence-corrected chi connectivity index (χ0v) is 14.6. The molecule has 0 bridgehead atoms. The second-order valence-corrected chi connectivity index (χ2v) is 6.16. The molecular weight excluding hydrogens is 318 g/mol. The highest BCUT2D eigenvalue weighted by molar-refractivity contribution is 5.80. The average Bonchev–Trinajstić information content (AvgIpc) is 3.12. The third-order valence-corrected chi connectivity index (χ3v) is 4.71. The van der Waals surface area contributed by atoms with Gasteiger partial charge in [-0.15, -0.1) is 0 Å². The van der Waals surface area contributed by atoms with Crippen LogP contribution in [-0.2, 0) is 11.2 Å². The Bertz CT molecular complexity index is 759. The Labute approximate surface area is 147 Å². The third kappa shape index (κ3) is 3.55. The van der Waals surface area contributed by atoms with E-state index in [4.69, 9.17) is 9.47 Å². The van der Waals surface area contributed by atoms with Crippen molar-refractivity contribution < 1.29 is 19.4 Å². The number of phenolic OH excluding ortho intramolecular Hbond substituents is 1. The lowest BCUT2D eigenvalue weighted by atomic mass is 10.0. The Balaban J connectivity index is 1.83. The second-order valence-electron chi connectivity index (χ2n) is 6.16. The maximum absolute atomic E-state index is 12.8. The quantitative estimate of drug-likeness (QED) is 0.906. The fourth-order valence-electron chi connectivity index (χ4n) is 3.41. The van der Waals surface area contributed by atoms with E-state index in [9.17, 15) is 9.90 Å². The molecule has 5 nitrogen and oxygen atoms in total. The van der Waals surface area contributed by atoms with E-state index in [0.717, 1.165) is 29.9 Å². The first kappa shape index (κ1) is 17.1. The van der Waals surface area contributed by atoms with Crippen LogP contribution in [0.3, 0.4) is 0 Å². The number of ether oxygens (including phenoxy) is 2. The fourth-order valence-corrected chi connectivity index (χ4v) is 3.41. The second kappa shape index (κ2) is 7.47. The van der Waals surface area contributed by atoms with E-state index in [-0.39, 0.29) is 24.1 Å². The maximum Gasteiger partial charge on any atom is 0.227 e. The molecule has 1 aliphatic heterocycles. The zero-order valence-electron chi connectivity index (χ0n) is 14.6. The molecule has 2 aromatic carbocycles. The van der Waals surface area contributed by atoms with E-state index in [1.165, 1.54) is 0 Å². The van der Waals surface area contributed by atoms with Gasteiger partial charge in [-0.05, 0) is 31.0 Å². The molecule has 1 unspecified atom stereocenters. The lowest BCUT2D eigenvalue weighted by Crippen LogP contribution is -2.32. The van der Waals surface area contributed by atoms with Crippen LogP contribution in [-0.4, -0.2) is 36.7 Å². The van der Waals surface area contributed by atoms with Gasteiger partial charge in [-0.1, -0.05) is 18.2 Å². The van der Waals surface area contributed by atoms with E-state index in [1.54, 1.807) is 32.4 Å². The van der Waals surface area contributed by atoms with Crippen molar-refractivity contribution in [2.45, 2.75) is 25.3 Å². The predicted octanol–water partition coefficient (Wildman–Crippen LogP) is 3.32. The van der Waals surface area contributed by atoms with Gasteiger partial charge >= 0.3 is 0 Å².